The van der Waals surface area contributed by atoms with E-state index < -0.39 is 0 Å². The Bertz CT molecular complexity index is 993. The number of hydrogen-bond acceptors (Lipinski definition) is 4. The van der Waals surface area contributed by atoms with Crippen molar-refractivity contribution in [3.63, 3.8) is 0 Å². The number of fused-ring (bicyclic) bond motifs is 1. The van der Waals surface area contributed by atoms with E-state index in [2.05, 4.69) is 15.5 Å². The van der Waals surface area contributed by atoms with Crippen molar-refractivity contribution in [2.45, 2.75) is 25.2 Å². The number of anilines is 1. The second-order valence-corrected chi connectivity index (χ2v) is 6.91. The molecule has 0 atom stereocenters. The van der Waals surface area contributed by atoms with Crippen molar-refractivity contribution in [3.8, 4) is 22.8 Å². The summed E-state index contributed by atoms with van der Waals surface area (Å²) in [5.74, 6) is 1.81. The van der Waals surface area contributed by atoms with Gasteiger partial charge in [0.05, 0.1) is 17.8 Å². The quantitative estimate of drug-likeness (QED) is 0.723. The minimum atomic E-state index is -0.0495. The van der Waals surface area contributed by atoms with E-state index in [9.17, 15) is 4.79 Å². The maximum absolute atomic E-state index is 12.6. The first-order valence-electron chi connectivity index (χ1n) is 9.10. The average Bonchev–Trinajstić information content (AvgIpc) is 3.27. The zero-order chi connectivity index (χ0) is 18.2. The van der Waals surface area contributed by atoms with E-state index in [1.807, 2.05) is 48.5 Å². The first-order valence-corrected chi connectivity index (χ1v) is 9.10. The molecule has 1 aromatic heterocycles. The third-order valence-electron chi connectivity index (χ3n) is 4.90. The topological polar surface area (TPSA) is 76.2 Å². The number of aromatic nitrogens is 2. The predicted octanol–water partition coefficient (Wildman–Crippen LogP) is 3.86. The second kappa shape index (κ2) is 6.46. The molecule has 27 heavy (non-hydrogen) atoms. The van der Waals surface area contributed by atoms with Crippen LogP contribution in [0.1, 0.15) is 30.0 Å². The van der Waals surface area contributed by atoms with Crippen molar-refractivity contribution in [1.29, 1.82) is 0 Å². The van der Waals surface area contributed by atoms with Crippen molar-refractivity contribution in [1.82, 2.24) is 10.2 Å². The van der Waals surface area contributed by atoms with Crippen LogP contribution in [-0.2, 0) is 11.2 Å². The van der Waals surface area contributed by atoms with Crippen LogP contribution in [0.25, 0.3) is 11.3 Å². The van der Waals surface area contributed by atoms with Crippen molar-refractivity contribution < 1.29 is 14.3 Å². The van der Waals surface area contributed by atoms with Gasteiger partial charge >= 0.3 is 0 Å². The lowest BCUT2D eigenvalue weighted by Crippen LogP contribution is -2.15. The average molecular weight is 361 g/mol. The van der Waals surface area contributed by atoms with Crippen LogP contribution in [0.5, 0.6) is 11.5 Å². The Labute approximate surface area is 156 Å². The summed E-state index contributed by atoms with van der Waals surface area (Å²) >= 11 is 0. The van der Waals surface area contributed by atoms with Gasteiger partial charge < -0.3 is 14.8 Å². The van der Waals surface area contributed by atoms with Crippen LogP contribution in [0.2, 0.25) is 0 Å². The van der Waals surface area contributed by atoms with Gasteiger partial charge in [-0.15, -0.1) is 0 Å². The number of hydrogen-bond donors (Lipinski definition) is 2. The monoisotopic (exact) mass is 361 g/mol. The van der Waals surface area contributed by atoms with Gasteiger partial charge in [-0.1, -0.05) is 30.3 Å². The highest BCUT2D eigenvalue weighted by atomic mass is 16.7. The summed E-state index contributed by atoms with van der Waals surface area (Å²) < 4.78 is 10.9. The van der Waals surface area contributed by atoms with Crippen LogP contribution in [0.3, 0.4) is 0 Å². The molecule has 2 N–H and O–H groups in total. The highest BCUT2D eigenvalue weighted by molar-refractivity contribution is 5.97. The summed E-state index contributed by atoms with van der Waals surface area (Å²) in [6.45, 7) is 0.230. The molecule has 1 saturated carbocycles. The van der Waals surface area contributed by atoms with Crippen LogP contribution < -0.4 is 14.8 Å². The maximum Gasteiger partial charge on any atom is 0.231 e. The maximum atomic E-state index is 12.6. The molecule has 0 saturated heterocycles. The van der Waals surface area contributed by atoms with Crippen molar-refractivity contribution in [2.24, 2.45) is 0 Å². The van der Waals surface area contributed by atoms with Crippen LogP contribution >= 0.6 is 0 Å². The van der Waals surface area contributed by atoms with Crippen LogP contribution in [0, 0.1) is 0 Å². The number of ether oxygens (including phenoxy) is 2. The zero-order valence-corrected chi connectivity index (χ0v) is 14.7. The zero-order valence-electron chi connectivity index (χ0n) is 14.7. The van der Waals surface area contributed by atoms with Gasteiger partial charge in [-0.05, 0) is 36.6 Å². The van der Waals surface area contributed by atoms with E-state index in [1.165, 1.54) is 0 Å². The van der Waals surface area contributed by atoms with Crippen molar-refractivity contribution in [2.75, 3.05) is 12.1 Å². The van der Waals surface area contributed by atoms with E-state index in [-0.39, 0.29) is 12.7 Å². The third-order valence-corrected chi connectivity index (χ3v) is 4.90. The van der Waals surface area contributed by atoms with Gasteiger partial charge in [0.1, 0.15) is 5.69 Å². The SMILES string of the molecule is O=C(Cc1ccccc1)Nc1c(-c2ccc3c(c2)OCO3)n[nH]c1C1CC1. The van der Waals surface area contributed by atoms with E-state index >= 15 is 0 Å². The summed E-state index contributed by atoms with van der Waals surface area (Å²) in [4.78, 5) is 12.6. The molecule has 136 valence electrons. The molecule has 2 aromatic carbocycles. The first-order chi connectivity index (χ1) is 13.3. The highest BCUT2D eigenvalue weighted by Crippen LogP contribution is 2.46. The highest BCUT2D eigenvalue weighted by Gasteiger charge is 2.31. The lowest BCUT2D eigenvalue weighted by Gasteiger charge is -2.09. The second-order valence-electron chi connectivity index (χ2n) is 6.91. The minimum Gasteiger partial charge on any atom is -0.454 e. The Morgan fingerprint density at radius 1 is 1.11 bits per heavy atom. The first kappa shape index (κ1) is 15.9. The van der Waals surface area contributed by atoms with Crippen LogP contribution in [0.4, 0.5) is 5.69 Å². The van der Waals surface area contributed by atoms with Gasteiger partial charge in [0.25, 0.3) is 0 Å². The molecule has 0 bridgehead atoms. The number of aromatic amines is 1. The standard InChI is InChI=1S/C21H19N3O3/c25-18(10-13-4-2-1-3-5-13)22-21-19(14-6-7-14)23-24-20(21)15-8-9-16-17(11-15)27-12-26-16/h1-5,8-9,11,14H,6-7,10,12H2,(H,22,25)(H,23,24). The molecule has 0 radical (unpaired) electrons. The van der Waals surface area contributed by atoms with Crippen molar-refractivity contribution in [3.05, 3.63) is 59.8 Å². The van der Waals surface area contributed by atoms with Crippen LogP contribution in [-0.4, -0.2) is 22.9 Å². The molecule has 0 spiro atoms. The largest absolute Gasteiger partial charge is 0.454 e. The molecule has 1 aliphatic carbocycles. The molecular weight excluding hydrogens is 342 g/mol. The Hall–Kier alpha value is -3.28. The fourth-order valence-electron chi connectivity index (χ4n) is 3.37. The fourth-order valence-corrected chi connectivity index (χ4v) is 3.37. The van der Waals surface area contributed by atoms with Gasteiger partial charge in [-0.2, -0.15) is 5.10 Å². The molecule has 6 nitrogen and oxygen atoms in total. The Balaban J connectivity index is 1.45. The van der Waals surface area contributed by atoms with E-state index in [4.69, 9.17) is 9.47 Å². The Morgan fingerprint density at radius 2 is 1.93 bits per heavy atom. The summed E-state index contributed by atoms with van der Waals surface area (Å²) in [6, 6.07) is 15.4. The molecule has 3 aromatic rings. The number of H-pyrrole nitrogens is 1. The van der Waals surface area contributed by atoms with E-state index in [0.29, 0.717) is 18.1 Å². The Kier molecular flexibility index (Phi) is 3.81. The normalized spacial score (nSPS) is 15.0. The van der Waals surface area contributed by atoms with Gasteiger partial charge in [0.15, 0.2) is 11.5 Å². The van der Waals surface area contributed by atoms with Gasteiger partial charge in [-0.25, -0.2) is 0 Å². The Morgan fingerprint density at radius 3 is 2.74 bits per heavy atom. The summed E-state index contributed by atoms with van der Waals surface area (Å²) in [6.07, 6.45) is 2.56. The molecule has 1 amide bonds. The molecule has 6 heteroatoms. The summed E-state index contributed by atoms with van der Waals surface area (Å²) in [7, 11) is 0. The number of nitrogens with one attached hydrogen (secondary N) is 2. The number of nitrogens with zero attached hydrogens (tertiary/aromatic N) is 1. The minimum absolute atomic E-state index is 0.0495. The van der Waals surface area contributed by atoms with E-state index in [1.54, 1.807) is 0 Å². The lowest BCUT2D eigenvalue weighted by molar-refractivity contribution is -0.115. The fraction of sp³-hybridized carbons (Fsp3) is 0.238. The third kappa shape index (κ3) is 3.14. The molecule has 1 aliphatic heterocycles. The predicted molar refractivity (Wildman–Crippen MR) is 101 cm³/mol. The molecule has 0 unspecified atom stereocenters. The smallest absolute Gasteiger partial charge is 0.231 e. The molecular formula is C21H19N3O3. The molecule has 2 heterocycles. The number of carbonyl (C=O) groups excluding carboxylic acids is 1. The number of carbonyl (C=O) groups is 1. The number of amides is 1. The van der Waals surface area contributed by atoms with E-state index in [0.717, 1.165) is 46.8 Å². The lowest BCUT2D eigenvalue weighted by atomic mass is 10.1. The van der Waals surface area contributed by atoms with Gasteiger partial charge in [0.2, 0.25) is 12.7 Å². The summed E-state index contributed by atoms with van der Waals surface area (Å²) in [5.41, 5.74) is 4.38. The molecule has 2 aliphatic rings. The number of rotatable bonds is 5. The van der Waals surface area contributed by atoms with Gasteiger partial charge in [-0.3, -0.25) is 9.89 Å². The summed E-state index contributed by atoms with van der Waals surface area (Å²) in [5, 5.41) is 10.7. The molecule has 5 rings (SSSR count). The van der Waals surface area contributed by atoms with Gasteiger partial charge in [0, 0.05) is 11.5 Å². The van der Waals surface area contributed by atoms with Crippen LogP contribution in [0.15, 0.2) is 48.5 Å². The molecule has 1 fully saturated rings. The number of benzene rings is 2. The van der Waals surface area contributed by atoms with Crippen molar-refractivity contribution >= 4 is 11.6 Å².